The molecule has 0 spiro atoms. The van der Waals surface area contributed by atoms with Crippen LogP contribution in [0, 0.1) is 0 Å². The minimum atomic E-state index is -1.90. The van der Waals surface area contributed by atoms with Gasteiger partial charge >= 0.3 is 0 Å². The third-order valence-electron chi connectivity index (χ3n) is 12.0. The first-order chi connectivity index (χ1) is 35.7. The highest BCUT2D eigenvalue weighted by molar-refractivity contribution is 5.97. The summed E-state index contributed by atoms with van der Waals surface area (Å²) in [6.45, 7) is 1.33. The number of nitrogens with two attached hydrogens (primary N) is 6. The van der Waals surface area contributed by atoms with Gasteiger partial charge in [0.2, 0.25) is 53.2 Å². The fourth-order valence-corrected chi connectivity index (χ4v) is 8.20. The van der Waals surface area contributed by atoms with Crippen molar-refractivity contribution in [3.05, 3.63) is 71.9 Å². The lowest BCUT2D eigenvalue weighted by Crippen LogP contribution is -2.62. The first kappa shape index (κ1) is 59.2. The van der Waals surface area contributed by atoms with Crippen molar-refractivity contribution in [2.24, 2.45) is 44.4 Å². The molecule has 408 valence electrons. The zero-order chi connectivity index (χ0) is 55.0. The highest BCUT2D eigenvalue weighted by Gasteiger charge is 2.35. The van der Waals surface area contributed by atoms with Gasteiger partial charge in [-0.15, -0.1) is 0 Å². The van der Waals surface area contributed by atoms with E-state index in [0.717, 1.165) is 10.9 Å². The molecule has 1 aliphatic rings. The van der Waals surface area contributed by atoms with Crippen molar-refractivity contribution >= 4 is 76.0 Å². The lowest BCUT2D eigenvalue weighted by molar-refractivity contribution is -0.134. The highest BCUT2D eigenvalue weighted by Crippen LogP contribution is 2.20. The third-order valence-corrected chi connectivity index (χ3v) is 12.0. The summed E-state index contributed by atoms with van der Waals surface area (Å²) in [5.74, 6) is -7.95. The molecular weight excluding hydrogens is 975 g/mol. The number of guanidine groups is 2. The van der Waals surface area contributed by atoms with Crippen LogP contribution in [-0.2, 0) is 56.0 Å². The van der Waals surface area contributed by atoms with Crippen LogP contribution < -0.4 is 76.9 Å². The number of benzene rings is 2. The normalized spacial score (nSPS) is 22.1. The largest absolute Gasteiger partial charge is 0.376 e. The second-order valence-corrected chi connectivity index (χ2v) is 18.1. The predicted octanol–water partition coefficient (Wildman–Crippen LogP) is -4.68. The van der Waals surface area contributed by atoms with Crippen LogP contribution in [0.1, 0.15) is 75.8 Å². The van der Waals surface area contributed by atoms with Gasteiger partial charge in [-0.2, -0.15) is 0 Å². The molecule has 22 N–H and O–H groups in total. The van der Waals surface area contributed by atoms with Crippen molar-refractivity contribution in [3.63, 3.8) is 0 Å². The van der Waals surface area contributed by atoms with Gasteiger partial charge in [0.1, 0.15) is 36.4 Å². The van der Waals surface area contributed by atoms with E-state index in [1.165, 1.54) is 6.92 Å². The maximum atomic E-state index is 14.6. The Bertz CT molecular complexity index is 2510. The first-order valence-corrected chi connectivity index (χ1v) is 24.5. The van der Waals surface area contributed by atoms with E-state index < -0.39 is 115 Å². The van der Waals surface area contributed by atoms with Crippen LogP contribution in [0.4, 0.5) is 0 Å². The molecule has 4 rings (SSSR count). The van der Waals surface area contributed by atoms with Crippen molar-refractivity contribution in [1.82, 2.24) is 47.5 Å². The molecule has 1 aromatic heterocycles. The van der Waals surface area contributed by atoms with Crippen LogP contribution in [0.5, 0.6) is 0 Å². The molecule has 2 heterocycles. The van der Waals surface area contributed by atoms with Crippen molar-refractivity contribution in [2.75, 3.05) is 19.6 Å². The van der Waals surface area contributed by atoms with Gasteiger partial charge in [-0.1, -0.05) is 48.5 Å². The molecule has 1 fully saturated rings. The molecule has 27 nitrogen and oxygen atoms in total. The number of primary amides is 2. The number of hydrogen-bond donors (Lipinski definition) is 16. The number of nitrogens with zero attached hydrogens (tertiary/aromatic N) is 2. The minimum absolute atomic E-state index is 0.0135. The van der Waals surface area contributed by atoms with E-state index in [1.807, 2.05) is 6.07 Å². The minimum Gasteiger partial charge on any atom is -0.376 e. The van der Waals surface area contributed by atoms with E-state index in [2.05, 4.69) is 57.5 Å². The van der Waals surface area contributed by atoms with Gasteiger partial charge in [0.15, 0.2) is 11.9 Å². The smallest absolute Gasteiger partial charge is 0.243 e. The lowest BCUT2D eigenvalue weighted by atomic mass is 10.0. The molecule has 8 atom stereocenters. The van der Waals surface area contributed by atoms with Crippen molar-refractivity contribution in [3.8, 4) is 0 Å². The molecule has 0 saturated carbocycles. The number of carbonyl (C=O) groups excluding carboxylic acids is 9. The summed E-state index contributed by atoms with van der Waals surface area (Å²) in [6.07, 6.45) is -1.20. The van der Waals surface area contributed by atoms with Crippen molar-refractivity contribution in [2.45, 2.75) is 126 Å². The average molecular weight is 1050 g/mol. The Morgan fingerprint density at radius 1 is 0.747 bits per heavy atom. The number of carbonyl (C=O) groups is 9. The number of fused-ring (bicyclic) bond motifs is 1. The summed E-state index contributed by atoms with van der Waals surface area (Å²) in [7, 11) is 0. The molecule has 1 saturated heterocycles. The van der Waals surface area contributed by atoms with Crippen molar-refractivity contribution in [1.29, 1.82) is 0 Å². The molecular formula is C48H71N17O10. The van der Waals surface area contributed by atoms with Crippen LogP contribution in [0.2, 0.25) is 0 Å². The number of aliphatic imine (C=N–C) groups is 2. The Morgan fingerprint density at radius 3 is 2.05 bits per heavy atom. The number of aliphatic hydroxyl groups is 1. The monoisotopic (exact) mass is 1050 g/mol. The SMILES string of the molecule is CC(=O)N[C@@H](CCCN=C(N)N)C(=O)N[C@H]1CCCCNC(=O)C[C@@H](C(N)=O)NC(=O)[C@H](Cc2c[nH]c3ccccc23)NC(=O)[C@H](CCCN=C(N)N)NC(=O)[C@@H](Cc2ccccc2)NC(O)[C@H](CC(N)=O)NC1=O. The molecule has 3 aromatic rings. The summed E-state index contributed by atoms with van der Waals surface area (Å²) >= 11 is 0. The van der Waals surface area contributed by atoms with Crippen LogP contribution in [-0.4, -0.2) is 143 Å². The van der Waals surface area contributed by atoms with Crippen LogP contribution in [0.15, 0.2) is 70.8 Å². The van der Waals surface area contributed by atoms with E-state index in [0.29, 0.717) is 11.1 Å². The topological polar surface area (TPSA) is 467 Å². The molecule has 1 unspecified atom stereocenters. The second kappa shape index (κ2) is 30.0. The fraction of sp³-hybridized carbons (Fsp3) is 0.479. The van der Waals surface area contributed by atoms with Gasteiger partial charge in [-0.05, 0) is 68.6 Å². The number of aliphatic hydroxyl groups excluding tert-OH is 1. The molecule has 9 amide bonds. The van der Waals surface area contributed by atoms with E-state index >= 15 is 0 Å². The zero-order valence-electron chi connectivity index (χ0n) is 41.8. The van der Waals surface area contributed by atoms with E-state index in [9.17, 15) is 48.3 Å². The van der Waals surface area contributed by atoms with E-state index in [1.54, 1.807) is 54.7 Å². The van der Waals surface area contributed by atoms with Gasteiger partial charge in [-0.25, -0.2) is 0 Å². The molecule has 27 heteroatoms. The number of hydrogen-bond acceptors (Lipinski definition) is 13. The van der Waals surface area contributed by atoms with Crippen molar-refractivity contribution < 1.29 is 48.3 Å². The maximum absolute atomic E-state index is 14.6. The highest BCUT2D eigenvalue weighted by atomic mass is 16.3. The molecule has 1 aliphatic heterocycles. The van der Waals surface area contributed by atoms with Crippen LogP contribution >= 0.6 is 0 Å². The first-order valence-electron chi connectivity index (χ1n) is 24.5. The quantitative estimate of drug-likeness (QED) is 0.0324. The van der Waals surface area contributed by atoms with E-state index in [4.69, 9.17) is 34.4 Å². The summed E-state index contributed by atoms with van der Waals surface area (Å²) in [5.41, 5.74) is 35.2. The van der Waals surface area contributed by atoms with Crippen LogP contribution in [0.25, 0.3) is 10.9 Å². The Hall–Kier alpha value is -8.33. The predicted molar refractivity (Wildman–Crippen MR) is 277 cm³/mol. The number of rotatable bonds is 18. The second-order valence-electron chi connectivity index (χ2n) is 18.1. The summed E-state index contributed by atoms with van der Waals surface area (Å²) < 4.78 is 0. The number of H-pyrrole nitrogens is 1. The number of nitrogens with one attached hydrogen (secondary N) is 9. The van der Waals surface area contributed by atoms with Gasteiger partial charge in [-0.3, -0.25) is 58.5 Å². The van der Waals surface area contributed by atoms with Gasteiger partial charge in [0.25, 0.3) is 0 Å². The van der Waals surface area contributed by atoms with Gasteiger partial charge in [0.05, 0.1) is 24.9 Å². The van der Waals surface area contributed by atoms with Gasteiger partial charge < -0.3 is 81.7 Å². The third kappa shape index (κ3) is 20.6. The Balaban J connectivity index is 1.77. The number of aromatic nitrogens is 1. The number of aromatic amines is 1. The Morgan fingerprint density at radius 2 is 1.39 bits per heavy atom. The zero-order valence-corrected chi connectivity index (χ0v) is 41.8. The summed E-state index contributed by atoms with van der Waals surface area (Å²) in [4.78, 5) is 133. The molecule has 0 bridgehead atoms. The Kier molecular flexibility index (Phi) is 23.7. The van der Waals surface area contributed by atoms with Crippen LogP contribution in [0.3, 0.4) is 0 Å². The summed E-state index contributed by atoms with van der Waals surface area (Å²) in [6, 6.07) is 5.88. The fourth-order valence-electron chi connectivity index (χ4n) is 8.20. The standard InChI is InChI=1S/C48H71N17O10/c1-26(66)59-31(16-9-19-56-47(51)52)41(70)60-32-15-7-8-18-55-39(68)24-34(40(50)69)62-45(74)36(22-28-25-58-30-14-6-5-13-29(28)30)64-43(72)33(17-10-20-57-48(53)54)61-44(73)35(21-27-11-3-2-4-12-27)63-46(75)37(23-38(49)67)65-42(32)71/h2-6,11-14,25,31-37,46,58,63,75H,7-10,15-24H2,1H3,(H2,49,67)(H2,50,69)(H,55,68)(H,59,66)(H,60,70)(H,61,73)(H,62,74)(H,64,72)(H,65,71)(H4,51,52,56)(H4,53,54,57)/t31-,32-,33-,34-,35+,36-,37-,46?/m0/s1. The molecule has 2 aromatic carbocycles. The lowest BCUT2D eigenvalue weighted by Gasteiger charge is -2.31. The summed E-state index contributed by atoms with van der Waals surface area (Å²) in [5, 5.41) is 33.7. The number of para-hydroxylation sites is 1. The van der Waals surface area contributed by atoms with Gasteiger partial charge in [0, 0.05) is 50.1 Å². The molecule has 75 heavy (non-hydrogen) atoms. The average Bonchev–Trinajstić information content (AvgIpc) is 3.76. The molecule has 0 aliphatic carbocycles. The maximum Gasteiger partial charge on any atom is 0.243 e. The van der Waals surface area contributed by atoms with E-state index in [-0.39, 0.29) is 89.3 Å². The number of amides is 9. The molecule has 0 radical (unpaired) electrons. The Labute approximate surface area is 432 Å².